The fourth-order valence-corrected chi connectivity index (χ4v) is 1.07. The standard InChI is InChI=1S/C10H6F3NO/c11-10(12,13)9(5-14)8-3-1-2-7(4-8)6-15/h1-4,6,14H. The van der Waals surface area contributed by atoms with E-state index >= 15 is 0 Å². The van der Waals surface area contributed by atoms with Crippen LogP contribution in [0.25, 0.3) is 5.57 Å². The fourth-order valence-electron chi connectivity index (χ4n) is 1.07. The van der Waals surface area contributed by atoms with E-state index in [4.69, 9.17) is 5.41 Å². The van der Waals surface area contributed by atoms with Gasteiger partial charge in [0.2, 0.25) is 0 Å². The molecule has 0 heterocycles. The summed E-state index contributed by atoms with van der Waals surface area (Å²) in [5.41, 5.74) is -1.29. The summed E-state index contributed by atoms with van der Waals surface area (Å²) >= 11 is 0. The van der Waals surface area contributed by atoms with Crippen LogP contribution in [0.4, 0.5) is 13.2 Å². The van der Waals surface area contributed by atoms with Gasteiger partial charge in [-0.1, -0.05) is 18.2 Å². The average Bonchev–Trinajstić information content (AvgIpc) is 2.17. The number of carbonyl (C=O) groups is 1. The van der Waals surface area contributed by atoms with Gasteiger partial charge in [-0.05, 0) is 17.5 Å². The Bertz CT molecular complexity index is 431. The molecule has 0 unspecified atom stereocenters. The van der Waals surface area contributed by atoms with Gasteiger partial charge in [0.15, 0.2) is 0 Å². The maximum atomic E-state index is 12.3. The third-order valence-electron chi connectivity index (χ3n) is 1.72. The number of alkyl halides is 3. The normalized spacial score (nSPS) is 10.6. The summed E-state index contributed by atoms with van der Waals surface area (Å²) in [5, 5.41) is 6.59. The van der Waals surface area contributed by atoms with Gasteiger partial charge in [-0.3, -0.25) is 10.2 Å². The minimum Gasteiger partial charge on any atom is -0.298 e. The molecule has 0 aliphatic rings. The number of benzene rings is 1. The zero-order chi connectivity index (χ0) is 11.5. The number of allylic oxidation sites excluding steroid dienone is 1. The highest BCUT2D eigenvalue weighted by molar-refractivity contribution is 5.92. The molecule has 5 heteroatoms. The number of carbonyl (C=O) groups excluding carboxylic acids is 1. The highest BCUT2D eigenvalue weighted by atomic mass is 19.4. The Kier molecular flexibility index (Phi) is 3.07. The van der Waals surface area contributed by atoms with E-state index in [1.165, 1.54) is 24.1 Å². The Morgan fingerprint density at radius 1 is 1.40 bits per heavy atom. The molecule has 1 N–H and O–H groups in total. The van der Waals surface area contributed by atoms with Gasteiger partial charge in [0.1, 0.15) is 11.9 Å². The van der Waals surface area contributed by atoms with Crippen LogP contribution in [-0.4, -0.2) is 18.3 Å². The van der Waals surface area contributed by atoms with Crippen molar-refractivity contribution in [3.8, 4) is 0 Å². The zero-order valence-electron chi connectivity index (χ0n) is 7.43. The molecular formula is C10H6F3NO. The average molecular weight is 213 g/mol. The molecule has 0 fully saturated rings. The molecule has 0 saturated heterocycles. The number of nitrogens with one attached hydrogen (secondary N) is 1. The van der Waals surface area contributed by atoms with Crippen LogP contribution in [-0.2, 0) is 0 Å². The molecule has 1 aromatic rings. The quantitative estimate of drug-likeness (QED) is 0.595. The molecule has 1 rings (SSSR count). The second-order valence-electron chi connectivity index (χ2n) is 2.74. The predicted octanol–water partition coefficient (Wildman–Crippen LogP) is 2.69. The molecule has 0 spiro atoms. The molecule has 0 amide bonds. The van der Waals surface area contributed by atoms with Crippen LogP contribution in [0.5, 0.6) is 0 Å². The Balaban J connectivity index is 3.26. The minimum atomic E-state index is -4.64. The number of hydrogen-bond acceptors (Lipinski definition) is 2. The first-order valence-electron chi connectivity index (χ1n) is 3.91. The van der Waals surface area contributed by atoms with E-state index in [0.29, 0.717) is 6.29 Å². The van der Waals surface area contributed by atoms with Gasteiger partial charge in [0.05, 0.1) is 0 Å². The largest absolute Gasteiger partial charge is 0.425 e. The van der Waals surface area contributed by atoms with Gasteiger partial charge >= 0.3 is 6.18 Å². The van der Waals surface area contributed by atoms with Gasteiger partial charge < -0.3 is 0 Å². The van der Waals surface area contributed by atoms with E-state index in [0.717, 1.165) is 6.07 Å². The van der Waals surface area contributed by atoms with Gasteiger partial charge in [0.25, 0.3) is 0 Å². The number of halogens is 3. The lowest BCUT2D eigenvalue weighted by Gasteiger charge is -2.08. The molecule has 0 radical (unpaired) electrons. The van der Waals surface area contributed by atoms with Gasteiger partial charge in [-0.15, -0.1) is 0 Å². The van der Waals surface area contributed by atoms with E-state index in [9.17, 15) is 18.0 Å². The molecule has 15 heavy (non-hydrogen) atoms. The lowest BCUT2D eigenvalue weighted by molar-refractivity contribution is -0.0679. The summed E-state index contributed by atoms with van der Waals surface area (Å²) in [5.74, 6) is 1.34. The van der Waals surface area contributed by atoms with Gasteiger partial charge in [-0.2, -0.15) is 13.2 Å². The van der Waals surface area contributed by atoms with Crippen LogP contribution in [0.1, 0.15) is 15.9 Å². The molecule has 0 aromatic heterocycles. The maximum Gasteiger partial charge on any atom is 0.425 e. The fraction of sp³-hybridized carbons (Fsp3) is 0.100. The topological polar surface area (TPSA) is 40.9 Å². The second-order valence-corrected chi connectivity index (χ2v) is 2.74. The van der Waals surface area contributed by atoms with Crippen LogP contribution >= 0.6 is 0 Å². The Morgan fingerprint density at radius 2 is 2.07 bits per heavy atom. The molecule has 0 saturated carbocycles. The summed E-state index contributed by atoms with van der Waals surface area (Å²) in [6.45, 7) is 0. The SMILES string of the molecule is N=C=C(c1cccc(C=O)c1)C(F)(F)F. The van der Waals surface area contributed by atoms with Crippen LogP contribution < -0.4 is 0 Å². The van der Waals surface area contributed by atoms with Crippen LogP contribution in [0.2, 0.25) is 0 Å². The molecule has 2 nitrogen and oxygen atoms in total. The summed E-state index contributed by atoms with van der Waals surface area (Å²) in [6, 6.07) is 4.95. The Morgan fingerprint density at radius 3 is 2.53 bits per heavy atom. The van der Waals surface area contributed by atoms with E-state index in [1.807, 2.05) is 0 Å². The smallest absolute Gasteiger partial charge is 0.298 e. The minimum absolute atomic E-state index is 0.129. The van der Waals surface area contributed by atoms with Crippen LogP contribution in [0, 0.1) is 5.41 Å². The second kappa shape index (κ2) is 4.11. The lowest BCUT2D eigenvalue weighted by Crippen LogP contribution is -2.11. The van der Waals surface area contributed by atoms with Crippen molar-refractivity contribution in [2.45, 2.75) is 6.18 Å². The van der Waals surface area contributed by atoms with E-state index < -0.39 is 11.7 Å². The van der Waals surface area contributed by atoms with Crippen molar-refractivity contribution < 1.29 is 18.0 Å². The van der Waals surface area contributed by atoms with Gasteiger partial charge in [0, 0.05) is 5.56 Å². The van der Waals surface area contributed by atoms with E-state index in [-0.39, 0.29) is 11.1 Å². The third kappa shape index (κ3) is 2.54. The molecule has 1 aromatic carbocycles. The lowest BCUT2D eigenvalue weighted by atomic mass is 10.0. The van der Waals surface area contributed by atoms with Crippen molar-refractivity contribution in [2.75, 3.05) is 0 Å². The molecule has 0 bridgehead atoms. The van der Waals surface area contributed by atoms with Gasteiger partial charge in [-0.25, -0.2) is 0 Å². The number of aldehydes is 1. The molecule has 0 atom stereocenters. The molecular weight excluding hydrogens is 207 g/mol. The number of hydrogen-bond donors (Lipinski definition) is 1. The first-order valence-corrected chi connectivity index (χ1v) is 3.91. The van der Waals surface area contributed by atoms with Crippen molar-refractivity contribution in [2.24, 2.45) is 0 Å². The zero-order valence-corrected chi connectivity index (χ0v) is 7.43. The van der Waals surface area contributed by atoms with E-state index in [2.05, 4.69) is 0 Å². The Labute approximate surface area is 83.5 Å². The van der Waals surface area contributed by atoms with Crippen LogP contribution in [0.3, 0.4) is 0 Å². The summed E-state index contributed by atoms with van der Waals surface area (Å²) < 4.78 is 37.0. The maximum absolute atomic E-state index is 12.3. The van der Waals surface area contributed by atoms with Crippen molar-refractivity contribution in [3.05, 3.63) is 35.4 Å². The first kappa shape index (κ1) is 11.2. The highest BCUT2D eigenvalue weighted by Gasteiger charge is 2.35. The predicted molar refractivity (Wildman–Crippen MR) is 49.0 cm³/mol. The molecule has 0 aliphatic carbocycles. The van der Waals surface area contributed by atoms with Crippen molar-refractivity contribution >= 4 is 17.7 Å². The van der Waals surface area contributed by atoms with Crippen molar-refractivity contribution in [1.82, 2.24) is 0 Å². The molecule has 78 valence electrons. The highest BCUT2D eigenvalue weighted by Crippen LogP contribution is 2.31. The van der Waals surface area contributed by atoms with E-state index in [1.54, 1.807) is 0 Å². The van der Waals surface area contributed by atoms with Crippen LogP contribution in [0.15, 0.2) is 24.3 Å². The monoisotopic (exact) mass is 213 g/mol. The van der Waals surface area contributed by atoms with Crippen molar-refractivity contribution in [3.63, 3.8) is 0 Å². The summed E-state index contributed by atoms with van der Waals surface area (Å²) in [7, 11) is 0. The van der Waals surface area contributed by atoms with Crippen molar-refractivity contribution in [1.29, 1.82) is 5.41 Å². The molecule has 0 aliphatic heterocycles. The Hall–Kier alpha value is -1.87. The number of rotatable bonds is 2. The first-order chi connectivity index (χ1) is 6.99. The summed E-state index contributed by atoms with van der Waals surface area (Å²) in [6.07, 6.45) is -4.19. The third-order valence-corrected chi connectivity index (χ3v) is 1.72. The summed E-state index contributed by atoms with van der Waals surface area (Å²) in [4.78, 5) is 10.4.